The molecule has 4 nitrogen and oxygen atoms in total. The monoisotopic (exact) mass is 195 g/mol. The lowest BCUT2D eigenvalue weighted by Crippen LogP contribution is -2.27. The van der Waals surface area contributed by atoms with Gasteiger partial charge in [0.25, 0.3) is 0 Å². The summed E-state index contributed by atoms with van der Waals surface area (Å²) in [5, 5.41) is -0.440. The zero-order valence-corrected chi connectivity index (χ0v) is 7.73. The minimum atomic E-state index is -3.20. The van der Waals surface area contributed by atoms with Crippen molar-refractivity contribution in [3.63, 3.8) is 0 Å². The fourth-order valence-corrected chi connectivity index (χ4v) is 2.06. The molecule has 0 aromatic heterocycles. The number of hydrogen-bond donors (Lipinski definition) is 1. The predicted octanol–water partition coefficient (Wildman–Crippen LogP) is -0.871. The van der Waals surface area contributed by atoms with Crippen LogP contribution in [0.1, 0.15) is 0 Å². The van der Waals surface area contributed by atoms with Crippen molar-refractivity contribution in [2.75, 3.05) is 19.3 Å². The molecule has 1 aliphatic heterocycles. The molecule has 1 fully saturated rings. The zero-order chi connectivity index (χ0) is 8.65. The van der Waals surface area contributed by atoms with E-state index in [-0.39, 0.29) is 18.9 Å². The Bertz CT molecular complexity index is 271. The Hall–Kier alpha value is -0.0700. The maximum absolute atomic E-state index is 10.9. The average Bonchev–Trinajstić information content (AvgIpc) is 2.11. The van der Waals surface area contributed by atoms with Crippen LogP contribution in [0.15, 0.2) is 0 Å². The van der Waals surface area contributed by atoms with Gasteiger partial charge in [-0.25, -0.2) is 8.42 Å². The second-order valence-corrected chi connectivity index (χ2v) is 5.14. The van der Waals surface area contributed by atoms with E-state index in [1.807, 2.05) is 0 Å². The van der Waals surface area contributed by atoms with Gasteiger partial charge in [0.2, 0.25) is 10.0 Å². The fraction of sp³-hybridized carbons (Fsp3) is 0.800. The summed E-state index contributed by atoms with van der Waals surface area (Å²) in [4.78, 5) is 10.8. The van der Waals surface area contributed by atoms with E-state index >= 15 is 0 Å². The van der Waals surface area contributed by atoms with Crippen LogP contribution in [-0.2, 0) is 14.8 Å². The first-order valence-electron chi connectivity index (χ1n) is 3.07. The number of Topliss-reactive ketones (excluding diaryl/α,β-unsaturated/α-hetero) is 1. The second-order valence-electron chi connectivity index (χ2n) is 2.54. The van der Waals surface area contributed by atoms with E-state index in [0.29, 0.717) is 0 Å². The van der Waals surface area contributed by atoms with Gasteiger partial charge in [0.1, 0.15) is 0 Å². The summed E-state index contributed by atoms with van der Waals surface area (Å²) < 4.78 is 22.9. The summed E-state index contributed by atoms with van der Waals surface area (Å²) in [5.74, 6) is -0.126. The molecule has 0 bridgehead atoms. The summed E-state index contributed by atoms with van der Waals surface area (Å²) in [6.07, 6.45) is 1.09. The molecule has 1 rings (SSSR count). The molecule has 6 heteroatoms. The highest BCUT2D eigenvalue weighted by Gasteiger charge is 2.32. The highest BCUT2D eigenvalue weighted by atomic mass is 32.2. The lowest BCUT2D eigenvalue weighted by atomic mass is 10.3. The highest BCUT2D eigenvalue weighted by molar-refractivity contribution is 7.88. The fourth-order valence-electron chi connectivity index (χ4n) is 0.891. The molecular weight excluding hydrogens is 186 g/mol. The predicted molar refractivity (Wildman–Crippen MR) is 44.2 cm³/mol. The molecule has 1 heterocycles. The van der Waals surface area contributed by atoms with Crippen molar-refractivity contribution >= 4 is 28.4 Å². The molecule has 1 aliphatic rings. The number of nitrogens with zero attached hydrogens (tertiary/aromatic N) is 1. The van der Waals surface area contributed by atoms with Crippen molar-refractivity contribution in [1.82, 2.24) is 4.31 Å². The Morgan fingerprint density at radius 2 is 2.18 bits per heavy atom. The molecular formula is C5H9NO3S2. The molecule has 0 aromatic rings. The van der Waals surface area contributed by atoms with Crippen molar-refractivity contribution < 1.29 is 13.2 Å². The number of carbonyl (C=O) groups excluding carboxylic acids is 1. The smallest absolute Gasteiger partial charge is 0.211 e. The van der Waals surface area contributed by atoms with Gasteiger partial charge in [0.05, 0.1) is 18.1 Å². The Morgan fingerprint density at radius 3 is 2.36 bits per heavy atom. The number of carbonyl (C=O) groups is 1. The topological polar surface area (TPSA) is 54.5 Å². The largest absolute Gasteiger partial charge is 0.297 e. The summed E-state index contributed by atoms with van der Waals surface area (Å²) in [5.41, 5.74) is 0. The number of hydrogen-bond acceptors (Lipinski definition) is 4. The molecule has 0 spiro atoms. The molecule has 0 radical (unpaired) electrons. The van der Waals surface area contributed by atoms with Crippen LogP contribution in [0.2, 0.25) is 0 Å². The summed E-state index contributed by atoms with van der Waals surface area (Å²) in [6, 6.07) is 0. The number of thiol groups is 1. The second kappa shape index (κ2) is 2.76. The van der Waals surface area contributed by atoms with E-state index in [9.17, 15) is 13.2 Å². The SMILES string of the molecule is CS(=O)(=O)N1CC(=O)C(S)C1. The molecule has 1 atom stereocenters. The van der Waals surface area contributed by atoms with Gasteiger partial charge in [-0.1, -0.05) is 0 Å². The normalized spacial score (nSPS) is 27.8. The molecule has 1 unspecified atom stereocenters. The Labute approximate surface area is 71.0 Å². The van der Waals surface area contributed by atoms with E-state index in [2.05, 4.69) is 12.6 Å². The van der Waals surface area contributed by atoms with Gasteiger partial charge in [0, 0.05) is 6.54 Å². The van der Waals surface area contributed by atoms with Crippen LogP contribution in [0.5, 0.6) is 0 Å². The van der Waals surface area contributed by atoms with Gasteiger partial charge in [-0.15, -0.1) is 0 Å². The van der Waals surface area contributed by atoms with Crippen molar-refractivity contribution in [3.8, 4) is 0 Å². The van der Waals surface area contributed by atoms with Crippen LogP contribution in [-0.4, -0.2) is 43.1 Å². The van der Waals surface area contributed by atoms with Crippen LogP contribution >= 0.6 is 12.6 Å². The first-order valence-corrected chi connectivity index (χ1v) is 5.43. The van der Waals surface area contributed by atoms with Gasteiger partial charge in [-0.05, 0) is 0 Å². The third-order valence-electron chi connectivity index (χ3n) is 1.55. The van der Waals surface area contributed by atoms with Gasteiger partial charge in [-0.3, -0.25) is 4.79 Å². The first-order chi connectivity index (χ1) is 4.91. The molecule has 0 aliphatic carbocycles. The Balaban J connectivity index is 2.77. The lowest BCUT2D eigenvalue weighted by molar-refractivity contribution is -0.116. The highest BCUT2D eigenvalue weighted by Crippen LogP contribution is 2.13. The Kier molecular flexibility index (Phi) is 2.27. The van der Waals surface area contributed by atoms with Crippen molar-refractivity contribution in [1.29, 1.82) is 0 Å². The standard InChI is InChI=1S/C5H9NO3S2/c1-11(8,9)6-2-4(7)5(10)3-6/h5,10H,2-3H2,1H3. The van der Waals surface area contributed by atoms with E-state index < -0.39 is 15.3 Å². The maximum Gasteiger partial charge on any atom is 0.211 e. The number of rotatable bonds is 1. The molecule has 0 aromatic carbocycles. The third-order valence-corrected chi connectivity index (χ3v) is 3.22. The van der Waals surface area contributed by atoms with Crippen LogP contribution in [0.4, 0.5) is 0 Å². The summed E-state index contributed by atoms with van der Waals surface area (Å²) >= 11 is 3.92. The van der Waals surface area contributed by atoms with Gasteiger partial charge in [-0.2, -0.15) is 16.9 Å². The molecule has 0 amide bonds. The third kappa shape index (κ3) is 1.94. The van der Waals surface area contributed by atoms with E-state index in [1.54, 1.807) is 0 Å². The first kappa shape index (κ1) is 9.02. The van der Waals surface area contributed by atoms with Gasteiger partial charge in [0.15, 0.2) is 5.78 Å². The van der Waals surface area contributed by atoms with Crippen molar-refractivity contribution in [3.05, 3.63) is 0 Å². The Morgan fingerprint density at radius 1 is 1.64 bits per heavy atom. The van der Waals surface area contributed by atoms with Crippen LogP contribution in [0.25, 0.3) is 0 Å². The molecule has 0 saturated carbocycles. The lowest BCUT2D eigenvalue weighted by Gasteiger charge is -2.09. The van der Waals surface area contributed by atoms with Gasteiger partial charge < -0.3 is 0 Å². The minimum Gasteiger partial charge on any atom is -0.297 e. The zero-order valence-electron chi connectivity index (χ0n) is 6.02. The molecule has 1 saturated heterocycles. The quantitative estimate of drug-likeness (QED) is 0.553. The molecule has 11 heavy (non-hydrogen) atoms. The van der Waals surface area contributed by atoms with Crippen molar-refractivity contribution in [2.24, 2.45) is 0 Å². The summed E-state index contributed by atoms with van der Waals surface area (Å²) in [7, 11) is -3.20. The summed E-state index contributed by atoms with van der Waals surface area (Å²) in [6.45, 7) is 0.188. The van der Waals surface area contributed by atoms with Gasteiger partial charge >= 0.3 is 0 Å². The molecule has 64 valence electrons. The van der Waals surface area contributed by atoms with E-state index in [0.717, 1.165) is 10.6 Å². The average molecular weight is 195 g/mol. The molecule has 0 N–H and O–H groups in total. The maximum atomic E-state index is 10.9. The van der Waals surface area contributed by atoms with Crippen LogP contribution in [0.3, 0.4) is 0 Å². The van der Waals surface area contributed by atoms with E-state index in [4.69, 9.17) is 0 Å². The van der Waals surface area contributed by atoms with Crippen LogP contribution in [0, 0.1) is 0 Å². The van der Waals surface area contributed by atoms with Crippen LogP contribution < -0.4 is 0 Å². The van der Waals surface area contributed by atoms with Crippen molar-refractivity contribution in [2.45, 2.75) is 5.25 Å². The minimum absolute atomic E-state index is 0.0208. The number of ketones is 1. The number of sulfonamides is 1. The van der Waals surface area contributed by atoms with E-state index in [1.165, 1.54) is 0 Å².